The third kappa shape index (κ3) is 12.6. The number of carboxylic acid groups (broad SMARTS) is 1. The summed E-state index contributed by atoms with van der Waals surface area (Å²) in [5.74, 6) is -0.317. The van der Waals surface area contributed by atoms with Crippen molar-refractivity contribution in [2.45, 2.75) is 75.2 Å². The Morgan fingerprint density at radius 3 is 1.47 bits per heavy atom. The first-order valence-electron chi connectivity index (χ1n) is 24.2. The maximum absolute atomic E-state index is 13.6. The van der Waals surface area contributed by atoms with Crippen LogP contribution in [0, 0.1) is 13.8 Å². The molecular formula is C54H52F4N6O13S2. The minimum absolute atomic E-state index is 0.00379. The summed E-state index contributed by atoms with van der Waals surface area (Å²) in [7, 11) is -6.52. The number of aromatic carboxylic acids is 1. The molecule has 4 heterocycles. The molecule has 0 saturated heterocycles. The zero-order valence-corrected chi connectivity index (χ0v) is 44.2. The van der Waals surface area contributed by atoms with Crippen molar-refractivity contribution in [2.75, 3.05) is 24.7 Å². The minimum atomic E-state index is -3.73. The maximum atomic E-state index is 13.6. The highest BCUT2D eigenvalue weighted by atomic mass is 32.2. The van der Waals surface area contributed by atoms with E-state index in [0.29, 0.717) is 60.9 Å². The largest absolute Gasteiger partial charge is 0.586 e. The highest BCUT2D eigenvalue weighted by molar-refractivity contribution is 7.91. The fourth-order valence-corrected chi connectivity index (χ4v) is 10.3. The first-order chi connectivity index (χ1) is 37.4. The Bertz CT molecular complexity index is 3820. The zero-order chi connectivity index (χ0) is 57.2. The summed E-state index contributed by atoms with van der Waals surface area (Å²) in [6.07, 6.45) is -7.41. The number of nitrogens with one attached hydrogen (secondary N) is 1. The average molecular weight is 1130 g/mol. The number of hydrogen-bond donors (Lipinski definition) is 5. The van der Waals surface area contributed by atoms with Crippen LogP contribution in [0.25, 0.3) is 22.1 Å². The SMILES string of the molecule is CCS(=O)(=O)c1ccc([C@@H](N)CO)cc1.CCS(=O)(=O)c1ccc([C@H](CO)NC(=O)c2ccc3c(c2)nc(C)n3Cc2cccc3c2OC(F)(F)O3)cc1.Cc1nc2cc(C(=O)O)ccc2n1Cc1cccc2c1OC(F)(F)O2. The van der Waals surface area contributed by atoms with E-state index in [2.05, 4.69) is 29.5 Å². The number of halogens is 4. The Morgan fingerprint density at radius 1 is 0.620 bits per heavy atom. The van der Waals surface area contributed by atoms with Gasteiger partial charge in [0.1, 0.15) is 11.6 Å². The van der Waals surface area contributed by atoms with E-state index in [9.17, 15) is 49.1 Å². The third-order valence-electron chi connectivity index (χ3n) is 12.8. The number of aliphatic hydroxyl groups is 2. The minimum Gasteiger partial charge on any atom is -0.478 e. The van der Waals surface area contributed by atoms with Crippen molar-refractivity contribution < 1.29 is 78.3 Å². The summed E-state index contributed by atoms with van der Waals surface area (Å²) in [5, 5.41) is 30.5. The summed E-state index contributed by atoms with van der Waals surface area (Å²) in [6.45, 7) is 6.55. The number of hydrogen-bond acceptors (Lipinski definition) is 15. The van der Waals surface area contributed by atoms with Gasteiger partial charge in [0.15, 0.2) is 42.7 Å². The van der Waals surface area contributed by atoms with Crippen molar-refractivity contribution in [3.63, 3.8) is 0 Å². The van der Waals surface area contributed by atoms with Crippen molar-refractivity contribution in [1.82, 2.24) is 24.4 Å². The lowest BCUT2D eigenvalue weighted by molar-refractivity contribution is -0.287. The fourth-order valence-electron chi connectivity index (χ4n) is 8.56. The first kappa shape index (κ1) is 57.1. The number of nitrogens with two attached hydrogens (primary N) is 1. The summed E-state index contributed by atoms with van der Waals surface area (Å²) in [5.41, 5.74) is 10.7. The van der Waals surface area contributed by atoms with E-state index in [4.69, 9.17) is 20.7 Å². The number of aliphatic hydroxyl groups excluding tert-OH is 2. The van der Waals surface area contributed by atoms with Crippen LogP contribution >= 0.6 is 0 Å². The van der Waals surface area contributed by atoms with Crippen LogP contribution < -0.4 is 30.0 Å². The Labute approximate surface area is 449 Å². The number of fused-ring (bicyclic) bond motifs is 4. The number of carbonyl (C=O) groups excluding carboxylic acids is 1. The summed E-state index contributed by atoms with van der Waals surface area (Å²) < 4.78 is 123. The second-order valence-electron chi connectivity index (χ2n) is 18.0. The first-order valence-corrected chi connectivity index (χ1v) is 27.5. The molecule has 6 aromatic carbocycles. The number of para-hydroxylation sites is 2. The molecular weight excluding hydrogens is 1080 g/mol. The van der Waals surface area contributed by atoms with Crippen LogP contribution in [0.15, 0.2) is 131 Å². The summed E-state index contributed by atoms with van der Waals surface area (Å²) in [4.78, 5) is 33.4. The number of carboxylic acids is 1. The Kier molecular flexibility index (Phi) is 16.4. The molecule has 19 nitrogen and oxygen atoms in total. The van der Waals surface area contributed by atoms with E-state index >= 15 is 0 Å². The second-order valence-corrected chi connectivity index (χ2v) is 22.5. The van der Waals surface area contributed by atoms with Gasteiger partial charge in [0.25, 0.3) is 5.91 Å². The third-order valence-corrected chi connectivity index (χ3v) is 16.3. The van der Waals surface area contributed by atoms with Crippen LogP contribution in [0.2, 0.25) is 0 Å². The monoisotopic (exact) mass is 1130 g/mol. The molecule has 2 aliphatic heterocycles. The van der Waals surface area contributed by atoms with Gasteiger partial charge >= 0.3 is 18.6 Å². The molecule has 0 fully saturated rings. The van der Waals surface area contributed by atoms with Gasteiger partial charge in [0.2, 0.25) is 0 Å². The molecule has 0 unspecified atom stereocenters. The van der Waals surface area contributed by atoms with Gasteiger partial charge in [0, 0.05) is 16.7 Å². The lowest BCUT2D eigenvalue weighted by Gasteiger charge is -2.17. The predicted octanol–water partition coefficient (Wildman–Crippen LogP) is 7.86. The molecule has 416 valence electrons. The smallest absolute Gasteiger partial charge is 0.478 e. The number of ether oxygens (including phenoxy) is 4. The number of benzene rings is 6. The number of imidazole rings is 2. The van der Waals surface area contributed by atoms with E-state index in [1.165, 1.54) is 48.5 Å². The normalized spacial score (nSPS) is 14.7. The van der Waals surface area contributed by atoms with Gasteiger partial charge in [0.05, 0.1) is 87.3 Å². The molecule has 8 aromatic rings. The van der Waals surface area contributed by atoms with E-state index in [1.807, 2.05) is 4.57 Å². The maximum Gasteiger partial charge on any atom is 0.586 e. The van der Waals surface area contributed by atoms with Crippen LogP contribution in [0.1, 0.15) is 80.5 Å². The number of nitrogens with zero attached hydrogens (tertiary/aromatic N) is 4. The average Bonchev–Trinajstić information content (AvgIpc) is 4.33. The highest BCUT2D eigenvalue weighted by Crippen LogP contribution is 2.45. The van der Waals surface area contributed by atoms with Crippen molar-refractivity contribution in [1.29, 1.82) is 0 Å². The summed E-state index contributed by atoms with van der Waals surface area (Å²) in [6, 6.07) is 30.0. The Hall–Kier alpha value is -8.10. The predicted molar refractivity (Wildman–Crippen MR) is 279 cm³/mol. The molecule has 0 radical (unpaired) electrons. The number of amides is 1. The van der Waals surface area contributed by atoms with Crippen LogP contribution in [0.4, 0.5) is 17.6 Å². The number of alkyl halides is 4. The van der Waals surface area contributed by atoms with Crippen LogP contribution in [0.3, 0.4) is 0 Å². The van der Waals surface area contributed by atoms with Gasteiger partial charge in [-0.05, 0) is 97.8 Å². The van der Waals surface area contributed by atoms with Crippen LogP contribution in [-0.4, -0.2) is 100 Å². The summed E-state index contributed by atoms with van der Waals surface area (Å²) >= 11 is 0. The molecule has 6 N–H and O–H groups in total. The van der Waals surface area contributed by atoms with Crippen LogP contribution in [-0.2, 0) is 32.8 Å². The molecule has 0 bridgehead atoms. The molecule has 25 heteroatoms. The van der Waals surface area contributed by atoms with Crippen molar-refractivity contribution in [2.24, 2.45) is 5.73 Å². The van der Waals surface area contributed by atoms with Crippen molar-refractivity contribution >= 4 is 53.6 Å². The topological polar surface area (TPSA) is 274 Å². The zero-order valence-electron chi connectivity index (χ0n) is 42.6. The molecule has 2 aliphatic rings. The molecule has 79 heavy (non-hydrogen) atoms. The number of carbonyl (C=O) groups is 2. The van der Waals surface area contributed by atoms with Crippen LogP contribution in [0.5, 0.6) is 23.0 Å². The lowest BCUT2D eigenvalue weighted by Crippen LogP contribution is -2.30. The fraction of sp³-hybridized carbons (Fsp3) is 0.259. The van der Waals surface area contributed by atoms with Gasteiger partial charge in [-0.2, -0.15) is 0 Å². The number of aryl methyl sites for hydroxylation is 2. The number of aromatic nitrogens is 4. The van der Waals surface area contributed by atoms with E-state index < -0.39 is 62.8 Å². The van der Waals surface area contributed by atoms with Crippen molar-refractivity contribution in [3.8, 4) is 23.0 Å². The molecule has 2 atom stereocenters. The Morgan fingerprint density at radius 2 is 1.05 bits per heavy atom. The molecule has 0 spiro atoms. The molecule has 1 amide bonds. The quantitative estimate of drug-likeness (QED) is 0.0611. The molecule has 10 rings (SSSR count). The van der Waals surface area contributed by atoms with Gasteiger partial charge < -0.3 is 54.5 Å². The standard InChI is InChI=1S/C27H25F2N3O6S.C17H12F2N2O4.C10H15NO3S/c1-3-39(35,36)20-10-7-17(8-11-20)22(15-33)31-26(34)18-9-12-23-21(13-18)30-16(2)32(23)14-19-5-4-6-24-25(19)38-27(28,29)37-24;1-9-20-12-7-10(16(22)23)5-6-13(12)21(9)8-11-3-2-4-14-15(11)25-17(18,19)24-14;1-2-15(13,14)9-5-3-8(4-6-9)10(11)7-12/h4-13,22,33H,3,14-15H2,1-2H3,(H,31,34);2-7H,8H2,1H3,(H,22,23);3-6,10,12H,2,7,11H2,1H3/t22-;;10-/m0.0/s1. The van der Waals surface area contributed by atoms with Gasteiger partial charge in [-0.25, -0.2) is 31.6 Å². The second kappa shape index (κ2) is 22.7. The van der Waals surface area contributed by atoms with Crippen molar-refractivity contribution in [3.05, 3.63) is 166 Å². The molecule has 2 aromatic heterocycles. The Balaban J connectivity index is 0.000000175. The van der Waals surface area contributed by atoms with Gasteiger partial charge in [-0.1, -0.05) is 62.4 Å². The van der Waals surface area contributed by atoms with Gasteiger partial charge in [-0.15, -0.1) is 17.6 Å². The van der Waals surface area contributed by atoms with Gasteiger partial charge in [-0.3, -0.25) is 4.79 Å². The highest BCUT2D eigenvalue weighted by Gasteiger charge is 2.45. The molecule has 0 aliphatic carbocycles. The van der Waals surface area contributed by atoms with E-state index in [-0.39, 0.29) is 64.7 Å². The molecule has 0 saturated carbocycles. The number of sulfone groups is 2. The number of rotatable bonds is 15. The van der Waals surface area contributed by atoms with E-state index in [0.717, 1.165) is 5.56 Å². The van der Waals surface area contributed by atoms with E-state index in [1.54, 1.807) is 105 Å². The lowest BCUT2D eigenvalue weighted by atomic mass is 10.1.